The fourth-order valence-electron chi connectivity index (χ4n) is 5.09. The largest absolute Gasteiger partial charge is 0.439 e. The molecule has 1 saturated carbocycles. The van der Waals surface area contributed by atoms with E-state index in [0.29, 0.717) is 30.5 Å². The Morgan fingerprint density at radius 1 is 1.19 bits per heavy atom. The first-order chi connectivity index (χ1) is 17.4. The van der Waals surface area contributed by atoms with E-state index in [9.17, 15) is 9.59 Å². The van der Waals surface area contributed by atoms with Crippen LogP contribution in [0.15, 0.2) is 42.9 Å². The lowest BCUT2D eigenvalue weighted by molar-refractivity contribution is 0.0445. The minimum absolute atomic E-state index is 0.0439. The Morgan fingerprint density at radius 3 is 2.69 bits per heavy atom. The molecule has 2 aliphatic heterocycles. The molecule has 11 heteroatoms. The normalized spacial score (nSPS) is 21.6. The highest BCUT2D eigenvalue weighted by molar-refractivity contribution is 5.96. The van der Waals surface area contributed by atoms with Gasteiger partial charge in [0, 0.05) is 25.5 Å². The van der Waals surface area contributed by atoms with Crippen LogP contribution in [-0.4, -0.2) is 57.0 Å². The Bertz CT molecular complexity index is 1320. The summed E-state index contributed by atoms with van der Waals surface area (Å²) in [5.41, 5.74) is 7.78. The van der Waals surface area contributed by atoms with Crippen LogP contribution in [0.1, 0.15) is 47.7 Å². The van der Waals surface area contributed by atoms with Crippen molar-refractivity contribution in [2.75, 3.05) is 34.8 Å². The average Bonchev–Trinajstić information content (AvgIpc) is 3.57. The highest BCUT2D eigenvalue weighted by Crippen LogP contribution is 2.41. The molecular formula is C25H28N8O3. The summed E-state index contributed by atoms with van der Waals surface area (Å²) >= 11 is 0. The molecule has 1 atom stereocenters. The summed E-state index contributed by atoms with van der Waals surface area (Å²) < 4.78 is 7.62. The Labute approximate surface area is 208 Å². The number of anilines is 4. The zero-order valence-corrected chi connectivity index (χ0v) is 20.1. The Morgan fingerprint density at radius 2 is 2.00 bits per heavy atom. The van der Waals surface area contributed by atoms with Crippen molar-refractivity contribution in [1.29, 1.82) is 0 Å². The van der Waals surface area contributed by atoms with Gasteiger partial charge in [0.2, 0.25) is 0 Å². The molecule has 3 aromatic rings. The lowest BCUT2D eigenvalue weighted by Crippen LogP contribution is -2.51. The van der Waals surface area contributed by atoms with E-state index in [0.717, 1.165) is 25.1 Å². The van der Waals surface area contributed by atoms with Crippen LogP contribution < -0.4 is 20.9 Å². The van der Waals surface area contributed by atoms with Crippen LogP contribution >= 0.6 is 0 Å². The van der Waals surface area contributed by atoms with Gasteiger partial charge in [-0.3, -0.25) is 14.4 Å². The van der Waals surface area contributed by atoms with Crippen molar-refractivity contribution in [3.05, 3.63) is 54.1 Å². The molecule has 0 bridgehead atoms. The second kappa shape index (κ2) is 8.51. The summed E-state index contributed by atoms with van der Waals surface area (Å²) in [6, 6.07) is 8.26. The van der Waals surface area contributed by atoms with E-state index in [1.54, 1.807) is 35.2 Å². The Balaban J connectivity index is 1.22. The monoisotopic (exact) mass is 488 g/mol. The minimum atomic E-state index is -0.677. The van der Waals surface area contributed by atoms with Gasteiger partial charge < -0.3 is 20.7 Å². The number of piperidine rings is 1. The van der Waals surface area contributed by atoms with Gasteiger partial charge in [0.1, 0.15) is 11.4 Å². The van der Waals surface area contributed by atoms with Crippen molar-refractivity contribution in [1.82, 2.24) is 19.7 Å². The predicted octanol–water partition coefficient (Wildman–Crippen LogP) is 2.93. The highest BCUT2D eigenvalue weighted by atomic mass is 16.6. The van der Waals surface area contributed by atoms with Gasteiger partial charge in [-0.1, -0.05) is 12.1 Å². The number of aryl methyl sites for hydroxylation is 1. The zero-order valence-electron chi connectivity index (χ0n) is 20.1. The van der Waals surface area contributed by atoms with Gasteiger partial charge in [-0.15, -0.1) is 0 Å². The average molecular weight is 489 g/mol. The summed E-state index contributed by atoms with van der Waals surface area (Å²) in [5.74, 6) is 0.827. The van der Waals surface area contributed by atoms with Crippen LogP contribution in [0.2, 0.25) is 0 Å². The van der Waals surface area contributed by atoms with Gasteiger partial charge in [-0.2, -0.15) is 5.10 Å². The predicted molar refractivity (Wildman–Crippen MR) is 133 cm³/mol. The molecule has 2 saturated heterocycles. The van der Waals surface area contributed by atoms with Crippen molar-refractivity contribution in [2.24, 2.45) is 12.8 Å². The number of nitrogens with zero attached hydrogens (tertiary/aromatic N) is 6. The van der Waals surface area contributed by atoms with Gasteiger partial charge in [0.05, 0.1) is 31.2 Å². The van der Waals surface area contributed by atoms with Crippen LogP contribution in [0.5, 0.6) is 0 Å². The number of hydrogen-bond donors (Lipinski definition) is 2. The molecule has 6 rings (SSSR count). The number of hydrogen-bond acceptors (Lipinski definition) is 8. The number of benzene rings is 1. The molecular weight excluding hydrogens is 460 g/mol. The minimum Gasteiger partial charge on any atom is -0.439 e. The number of rotatable bonds is 6. The van der Waals surface area contributed by atoms with E-state index in [4.69, 9.17) is 10.5 Å². The molecule has 36 heavy (non-hydrogen) atoms. The summed E-state index contributed by atoms with van der Waals surface area (Å²) in [7, 11) is 1.79. The second-order valence-electron chi connectivity index (χ2n) is 9.85. The van der Waals surface area contributed by atoms with Crippen LogP contribution in [0, 0.1) is 0 Å². The topological polar surface area (TPSA) is 132 Å². The summed E-state index contributed by atoms with van der Waals surface area (Å²) in [5, 5.41) is 7.22. The zero-order chi connectivity index (χ0) is 24.9. The van der Waals surface area contributed by atoms with Crippen molar-refractivity contribution >= 4 is 35.0 Å². The lowest BCUT2D eigenvalue weighted by Gasteiger charge is -2.39. The van der Waals surface area contributed by atoms with Gasteiger partial charge in [0.25, 0.3) is 5.91 Å². The molecule has 11 nitrogen and oxygen atoms in total. The molecule has 1 unspecified atom stereocenters. The number of nitrogens with one attached hydrogen (secondary N) is 1. The summed E-state index contributed by atoms with van der Waals surface area (Å²) in [6.45, 7) is 1.68. The van der Waals surface area contributed by atoms with Crippen LogP contribution in [0.4, 0.5) is 27.8 Å². The molecule has 1 spiro atoms. The van der Waals surface area contributed by atoms with Crippen LogP contribution in [-0.2, 0) is 11.8 Å². The molecule has 3 aliphatic rings. The number of carbonyl (C=O) groups excluding carboxylic acids is 2. The number of carbonyl (C=O) groups is 2. The van der Waals surface area contributed by atoms with Crippen molar-refractivity contribution < 1.29 is 14.3 Å². The maximum atomic E-state index is 12.9. The van der Waals surface area contributed by atoms with Gasteiger partial charge >= 0.3 is 6.09 Å². The van der Waals surface area contributed by atoms with E-state index in [-0.39, 0.29) is 17.6 Å². The molecule has 4 heterocycles. The highest BCUT2D eigenvalue weighted by Gasteiger charge is 2.48. The number of amides is 2. The maximum Gasteiger partial charge on any atom is 0.415 e. The van der Waals surface area contributed by atoms with E-state index in [1.807, 2.05) is 17.0 Å². The van der Waals surface area contributed by atoms with E-state index >= 15 is 0 Å². The van der Waals surface area contributed by atoms with Crippen molar-refractivity contribution in [3.8, 4) is 0 Å². The first-order valence-electron chi connectivity index (χ1n) is 12.2. The number of ether oxygens (including phenoxy) is 1. The van der Waals surface area contributed by atoms with E-state index in [2.05, 4.69) is 32.5 Å². The van der Waals surface area contributed by atoms with Crippen LogP contribution in [0.25, 0.3) is 0 Å². The molecule has 2 amide bonds. The Kier molecular flexibility index (Phi) is 5.27. The molecule has 1 aliphatic carbocycles. The molecule has 1 aromatic carbocycles. The van der Waals surface area contributed by atoms with Gasteiger partial charge in [-0.05, 0) is 49.3 Å². The molecule has 3 fully saturated rings. The van der Waals surface area contributed by atoms with Crippen molar-refractivity contribution in [2.45, 2.75) is 37.2 Å². The first kappa shape index (κ1) is 22.3. The fraction of sp³-hybridized carbons (Fsp3) is 0.400. The number of aromatic nitrogens is 4. The smallest absolute Gasteiger partial charge is 0.415 e. The second-order valence-corrected chi connectivity index (χ2v) is 9.85. The quantitative estimate of drug-likeness (QED) is 0.541. The van der Waals surface area contributed by atoms with E-state index in [1.165, 1.54) is 18.4 Å². The lowest BCUT2D eigenvalue weighted by atomic mass is 9.92. The Hall–Kier alpha value is -4.15. The summed E-state index contributed by atoms with van der Waals surface area (Å²) in [4.78, 5) is 37.6. The van der Waals surface area contributed by atoms with E-state index < -0.39 is 11.5 Å². The summed E-state index contributed by atoms with van der Waals surface area (Å²) in [6.07, 6.45) is 8.67. The molecule has 2 aromatic heterocycles. The number of nitrogens with two attached hydrogens (primary N) is 1. The maximum absolute atomic E-state index is 12.9. The molecule has 186 valence electrons. The molecule has 0 radical (unpaired) electrons. The SMILES string of the molecule is Cn1cc(Nc2nc(N3CCCC4(C3)CN(c3ccc(C5CC5)cc3)C(=O)O4)cnc2C(N)=O)cn1. The third kappa shape index (κ3) is 4.21. The van der Waals surface area contributed by atoms with Crippen LogP contribution in [0.3, 0.4) is 0 Å². The molecule has 3 N–H and O–H groups in total. The third-order valence-electron chi connectivity index (χ3n) is 7.05. The van der Waals surface area contributed by atoms with Gasteiger partial charge in [-0.25, -0.2) is 14.8 Å². The fourth-order valence-corrected chi connectivity index (χ4v) is 5.09. The standard InChI is InChI=1S/C25H28N8O3/c1-31-13-18(11-28-31)29-23-21(22(26)34)27-12-20(30-23)32-10-2-9-25(14-32)15-33(24(35)36-25)19-7-5-17(6-8-19)16-3-4-16/h5-8,11-13,16H,2-4,9-10,14-15H2,1H3,(H2,26,34)(H,29,30). The van der Waals surface area contributed by atoms with Gasteiger partial charge in [0.15, 0.2) is 11.5 Å². The first-order valence-corrected chi connectivity index (χ1v) is 12.2. The number of primary amides is 1. The third-order valence-corrected chi connectivity index (χ3v) is 7.05. The van der Waals surface area contributed by atoms with Crippen molar-refractivity contribution in [3.63, 3.8) is 0 Å².